The van der Waals surface area contributed by atoms with Crippen molar-refractivity contribution in [3.8, 4) is 0 Å². The van der Waals surface area contributed by atoms with E-state index in [9.17, 15) is 26.7 Å². The topological polar surface area (TPSA) is 124 Å². The second-order valence-corrected chi connectivity index (χ2v) is 18.8. The molecule has 1 saturated carbocycles. The van der Waals surface area contributed by atoms with Gasteiger partial charge in [-0.2, -0.15) is 21.6 Å². The van der Waals surface area contributed by atoms with Crippen LogP contribution in [0.1, 0.15) is 85.8 Å². The molecule has 0 aromatic heterocycles. The third-order valence-corrected chi connectivity index (χ3v) is 10.2. The van der Waals surface area contributed by atoms with Crippen molar-refractivity contribution in [2.24, 2.45) is 32.1 Å². The van der Waals surface area contributed by atoms with Crippen LogP contribution in [0, 0.1) is 33.8 Å². The number of rotatable bonds is 6. The van der Waals surface area contributed by atoms with Crippen LogP contribution in [0.4, 0.5) is 22.0 Å². The summed E-state index contributed by atoms with van der Waals surface area (Å²) in [4.78, 5) is 21.0. The van der Waals surface area contributed by atoms with Crippen molar-refractivity contribution < 1.29 is 71.0 Å². The van der Waals surface area contributed by atoms with Gasteiger partial charge < -0.3 is 14.2 Å². The fourth-order valence-corrected chi connectivity index (χ4v) is 5.59. The van der Waals surface area contributed by atoms with Gasteiger partial charge in [-0.1, -0.05) is 98.2 Å². The third-order valence-electron chi connectivity index (χ3n) is 8.59. The van der Waals surface area contributed by atoms with Crippen molar-refractivity contribution in [1.82, 2.24) is 0 Å². The fourth-order valence-electron chi connectivity index (χ4n) is 4.93. The summed E-state index contributed by atoms with van der Waals surface area (Å²) in [7, 11) is -5.84. The Balaban J connectivity index is 0.000000397. The van der Waals surface area contributed by atoms with Gasteiger partial charge >= 0.3 is 21.6 Å². The molecule has 0 saturated heterocycles. The molecule has 3 aliphatic rings. The van der Waals surface area contributed by atoms with Gasteiger partial charge in [0.2, 0.25) is 0 Å². The zero-order valence-corrected chi connectivity index (χ0v) is 37.5. The molecule has 2 heterocycles. The number of alkyl halides is 3. The molecule has 1 fully saturated rings. The Morgan fingerprint density at radius 3 is 1.66 bits per heavy atom. The van der Waals surface area contributed by atoms with E-state index in [4.69, 9.17) is 37.2 Å². The van der Waals surface area contributed by atoms with Crippen LogP contribution < -0.4 is 0 Å². The molecule has 1 aliphatic carbocycles. The van der Waals surface area contributed by atoms with Gasteiger partial charge in [-0.3, -0.25) is 9.35 Å². The average molecular weight is 996 g/mol. The molecule has 319 valence electrons. The molecular weight excluding hydrogens is 947 g/mol. The second kappa shape index (κ2) is 20.5. The number of carbonyl (C=O) groups excluding carboxylic acids is 1. The van der Waals surface area contributed by atoms with Crippen molar-refractivity contribution in [2.75, 3.05) is 19.8 Å². The number of aliphatic imine (C=N–C) groups is 2. The number of carbonyl (C=O) groups is 1. The smallest absolute Gasteiger partial charge is 0.478 e. The van der Waals surface area contributed by atoms with Crippen molar-refractivity contribution >= 4 is 65.8 Å². The van der Waals surface area contributed by atoms with E-state index in [1.807, 2.05) is 0 Å². The third kappa shape index (κ3) is 15.1. The molecule has 2 aliphatic heterocycles. The molecule has 2 aromatic rings. The predicted molar refractivity (Wildman–Crippen MR) is 210 cm³/mol. The Kier molecular flexibility index (Phi) is 19.0. The van der Waals surface area contributed by atoms with Gasteiger partial charge in [0.05, 0.1) is 24.6 Å². The van der Waals surface area contributed by atoms with Crippen LogP contribution in [-0.2, 0) is 46.2 Å². The summed E-state index contributed by atoms with van der Waals surface area (Å²) in [6.45, 7) is 24.3. The van der Waals surface area contributed by atoms with Crippen LogP contribution >= 0.6 is 31.9 Å². The second-order valence-electron chi connectivity index (χ2n) is 15.5. The van der Waals surface area contributed by atoms with Gasteiger partial charge in [0.15, 0.2) is 11.8 Å². The molecule has 1 radical (unpaired) electrons. The maximum Gasteiger partial charge on any atom is 0.522 e. The van der Waals surface area contributed by atoms with Crippen LogP contribution in [0.3, 0.4) is 0 Å². The minimum Gasteiger partial charge on any atom is -0.478 e. The Hall–Kier alpha value is -2.37. The Labute approximate surface area is 353 Å². The zero-order valence-electron chi connectivity index (χ0n) is 32.5. The van der Waals surface area contributed by atoms with Crippen molar-refractivity contribution in [3.05, 3.63) is 74.7 Å². The van der Waals surface area contributed by atoms with E-state index in [1.54, 1.807) is 31.2 Å². The summed E-state index contributed by atoms with van der Waals surface area (Å²) < 4.78 is 102. The van der Waals surface area contributed by atoms with E-state index in [0.717, 1.165) is 16.3 Å². The molecule has 0 bridgehead atoms. The molecule has 0 spiro atoms. The first-order chi connectivity index (χ1) is 25.0. The molecule has 1 N–H and O–H groups in total. The SMILES string of the molecule is C=Cc1ccc(Br)cc1F.CC(C)(C1=N[C@@H](C(C)(C)C)CO1)C1=N[C@@H](C(C)(C)C)CO1.CCOC(=O)[C@@H]1C[C@H]1c1ccc(Br)cc1F.O=S(=O)(O)C(F)(F)F.[Cu]. The van der Waals surface area contributed by atoms with Gasteiger partial charge in [-0.05, 0) is 67.9 Å². The number of hydrogen-bond donors (Lipinski definition) is 1. The van der Waals surface area contributed by atoms with Crippen LogP contribution in [0.25, 0.3) is 6.08 Å². The maximum absolute atomic E-state index is 13.6. The summed E-state index contributed by atoms with van der Waals surface area (Å²) in [6, 6.07) is 10.2. The molecule has 4 atom stereocenters. The molecule has 56 heavy (non-hydrogen) atoms. The van der Waals surface area contributed by atoms with E-state index in [0.29, 0.717) is 41.8 Å². The van der Waals surface area contributed by atoms with Gasteiger partial charge in [-0.15, -0.1) is 0 Å². The number of nitrogens with zero attached hydrogens (tertiary/aromatic N) is 2. The minimum absolute atomic E-state index is 0. The summed E-state index contributed by atoms with van der Waals surface area (Å²) in [6.07, 6.45) is 2.18. The van der Waals surface area contributed by atoms with E-state index in [-0.39, 0.29) is 74.8 Å². The van der Waals surface area contributed by atoms with Gasteiger partial charge in [-0.25, -0.2) is 18.8 Å². The maximum atomic E-state index is 13.6. The van der Waals surface area contributed by atoms with Crippen LogP contribution in [-0.4, -0.2) is 68.1 Å². The summed E-state index contributed by atoms with van der Waals surface area (Å²) in [5, 5.41) is 0. The first kappa shape index (κ1) is 51.6. The normalized spacial score (nSPS) is 20.4. The van der Waals surface area contributed by atoms with Crippen molar-refractivity contribution in [3.63, 3.8) is 0 Å². The molecule has 2 aromatic carbocycles. The minimum atomic E-state index is -5.84. The largest absolute Gasteiger partial charge is 0.522 e. The average Bonchev–Trinajstić information content (AvgIpc) is 3.40. The Morgan fingerprint density at radius 2 is 1.32 bits per heavy atom. The molecular formula is C38H49Br2CuF5N2O7S. The van der Waals surface area contributed by atoms with Gasteiger partial charge in [0, 0.05) is 37.5 Å². The first-order valence-electron chi connectivity index (χ1n) is 17.2. The zero-order chi connectivity index (χ0) is 42.3. The van der Waals surface area contributed by atoms with Crippen molar-refractivity contribution in [1.29, 1.82) is 0 Å². The van der Waals surface area contributed by atoms with Gasteiger partial charge in [0.25, 0.3) is 0 Å². The van der Waals surface area contributed by atoms with Crippen LogP contribution in [0.2, 0.25) is 0 Å². The van der Waals surface area contributed by atoms with Crippen LogP contribution in [0.15, 0.2) is 61.9 Å². The summed E-state index contributed by atoms with van der Waals surface area (Å²) >= 11 is 6.35. The van der Waals surface area contributed by atoms with E-state index >= 15 is 0 Å². The fraction of sp³-hybridized carbons (Fsp3) is 0.553. The number of hydrogen-bond acceptors (Lipinski definition) is 8. The van der Waals surface area contributed by atoms with Gasteiger partial charge in [0.1, 0.15) is 30.3 Å². The number of halogens is 7. The Morgan fingerprint density at radius 1 is 0.893 bits per heavy atom. The first-order valence-corrected chi connectivity index (χ1v) is 20.2. The van der Waals surface area contributed by atoms with Crippen molar-refractivity contribution in [2.45, 2.75) is 92.2 Å². The standard InChI is InChI=1S/C17H30N2O2.C12H12BrFO2.C8H6BrF.CHF3O3S.Cu/c1-15(2,3)11-9-20-13(18-11)17(7,8)14-19-12(10-21-14)16(4,5)6;1-2-16-12(15)10-6-9(10)8-4-3-7(13)5-11(8)14;1-2-6-3-4-7(9)5-8(6)10;2-1(3,4)8(5,6)7;/h11-12H,9-10H2,1-8H3;3-5,9-10H,2,6H2,1H3;2-5H,1H2;(H,5,6,7);/t11-,12-;9-,10+;;;/m10.../s1. The molecule has 0 amide bonds. The summed E-state index contributed by atoms with van der Waals surface area (Å²) in [5.41, 5.74) is -4.55. The van der Waals surface area contributed by atoms with E-state index < -0.39 is 15.6 Å². The molecule has 5 rings (SSSR count). The molecule has 9 nitrogen and oxygen atoms in total. The predicted octanol–water partition coefficient (Wildman–Crippen LogP) is 10.6. The molecule has 18 heteroatoms. The number of benzene rings is 2. The summed E-state index contributed by atoms with van der Waals surface area (Å²) in [5.74, 6) is 0.639. The monoisotopic (exact) mass is 993 g/mol. The quantitative estimate of drug-likeness (QED) is 0.100. The van der Waals surface area contributed by atoms with Crippen LogP contribution in [0.5, 0.6) is 0 Å². The van der Waals surface area contributed by atoms with E-state index in [1.165, 1.54) is 18.2 Å². The number of esters is 1. The number of ether oxygens (including phenoxy) is 3. The molecule has 0 unspecified atom stereocenters. The van der Waals surface area contributed by atoms with E-state index in [2.05, 4.69) is 93.8 Å². The Bertz CT molecular complexity index is 1800.